The molecule has 0 aliphatic carbocycles. The molecule has 9 heteroatoms. The van der Waals surface area contributed by atoms with Gasteiger partial charge in [-0.15, -0.1) is 0 Å². The van der Waals surface area contributed by atoms with E-state index >= 15 is 0 Å². The van der Waals surface area contributed by atoms with Crippen molar-refractivity contribution in [2.45, 2.75) is 12.5 Å². The van der Waals surface area contributed by atoms with Gasteiger partial charge in [0.15, 0.2) is 5.11 Å². The Morgan fingerprint density at radius 1 is 1.22 bits per heavy atom. The monoisotopic (exact) mass is 530 g/mol. The molecule has 1 atom stereocenters. The quantitative estimate of drug-likeness (QED) is 0.340. The molecule has 2 N–H and O–H groups in total. The van der Waals surface area contributed by atoms with Crippen LogP contribution in [0, 0.1) is 0 Å². The number of hydrogen-bond acceptors (Lipinski definition) is 4. The molecule has 1 unspecified atom stereocenters. The van der Waals surface area contributed by atoms with Crippen molar-refractivity contribution in [3.05, 3.63) is 87.2 Å². The van der Waals surface area contributed by atoms with Gasteiger partial charge >= 0.3 is 5.97 Å². The van der Waals surface area contributed by atoms with Gasteiger partial charge in [0.2, 0.25) is 0 Å². The highest BCUT2D eigenvalue weighted by Crippen LogP contribution is 2.30. The lowest BCUT2D eigenvalue weighted by atomic mass is 10.0. The van der Waals surface area contributed by atoms with Crippen molar-refractivity contribution in [3.8, 4) is 11.3 Å². The number of carbonyl (C=O) groups is 2. The molecule has 0 radical (unpaired) electrons. The third-order valence-electron chi connectivity index (χ3n) is 4.90. The summed E-state index contributed by atoms with van der Waals surface area (Å²) >= 11 is 14.8. The van der Waals surface area contributed by atoms with Crippen molar-refractivity contribution in [1.82, 2.24) is 10.2 Å². The van der Waals surface area contributed by atoms with E-state index < -0.39 is 17.9 Å². The molecule has 6 nitrogen and oxygen atoms in total. The van der Waals surface area contributed by atoms with Crippen LogP contribution in [0.2, 0.25) is 5.02 Å². The number of thiocarbonyl (C=S) groups is 1. The van der Waals surface area contributed by atoms with Gasteiger partial charge in [0.05, 0.1) is 5.02 Å². The number of halogens is 2. The maximum absolute atomic E-state index is 13.0. The number of hydrogen-bond donors (Lipinski definition) is 2. The zero-order valence-electron chi connectivity index (χ0n) is 16.4. The second kappa shape index (κ2) is 9.28. The van der Waals surface area contributed by atoms with Gasteiger partial charge in [-0.3, -0.25) is 9.69 Å². The maximum Gasteiger partial charge on any atom is 0.327 e. The van der Waals surface area contributed by atoms with Crippen LogP contribution in [0.15, 0.2) is 75.3 Å². The fourth-order valence-electron chi connectivity index (χ4n) is 3.34. The molecule has 0 saturated carbocycles. The average molecular weight is 532 g/mol. The van der Waals surface area contributed by atoms with E-state index in [1.165, 1.54) is 6.08 Å². The summed E-state index contributed by atoms with van der Waals surface area (Å²) in [4.78, 5) is 26.0. The number of carbonyl (C=O) groups excluding carboxylic acids is 1. The van der Waals surface area contributed by atoms with Crippen LogP contribution in [-0.4, -0.2) is 33.0 Å². The average Bonchev–Trinajstić information content (AvgIpc) is 3.34. The molecule has 3 aromatic rings. The van der Waals surface area contributed by atoms with E-state index in [4.69, 9.17) is 28.2 Å². The second-order valence-corrected chi connectivity index (χ2v) is 8.69. The molecule has 2 heterocycles. The maximum atomic E-state index is 13.0. The molecule has 1 aliphatic rings. The Morgan fingerprint density at radius 2 is 1.97 bits per heavy atom. The Morgan fingerprint density at radius 3 is 2.66 bits per heavy atom. The summed E-state index contributed by atoms with van der Waals surface area (Å²) in [6, 6.07) is 16.8. The van der Waals surface area contributed by atoms with Crippen LogP contribution in [-0.2, 0) is 16.0 Å². The van der Waals surface area contributed by atoms with Gasteiger partial charge in [0, 0.05) is 22.5 Å². The number of carboxylic acid groups (broad SMARTS) is 1. The zero-order valence-corrected chi connectivity index (χ0v) is 19.6. The van der Waals surface area contributed by atoms with Gasteiger partial charge in [0.1, 0.15) is 23.3 Å². The highest BCUT2D eigenvalue weighted by Gasteiger charge is 2.39. The van der Waals surface area contributed by atoms with Crippen molar-refractivity contribution in [1.29, 1.82) is 0 Å². The molecule has 0 spiro atoms. The van der Waals surface area contributed by atoms with Gasteiger partial charge in [-0.2, -0.15) is 0 Å². The minimum Gasteiger partial charge on any atom is -0.480 e. The van der Waals surface area contributed by atoms with Gasteiger partial charge < -0.3 is 14.8 Å². The van der Waals surface area contributed by atoms with E-state index in [0.717, 1.165) is 20.5 Å². The molecule has 4 rings (SSSR count). The van der Waals surface area contributed by atoms with Gasteiger partial charge in [-0.1, -0.05) is 48.0 Å². The summed E-state index contributed by atoms with van der Waals surface area (Å²) in [6.45, 7) is 0. The van der Waals surface area contributed by atoms with Crippen molar-refractivity contribution < 1.29 is 19.1 Å². The normalized spacial score (nSPS) is 15.8. The summed E-state index contributed by atoms with van der Waals surface area (Å²) in [5, 5.41) is 13.1. The van der Waals surface area contributed by atoms with Gasteiger partial charge in [-0.05, 0) is 58.0 Å². The predicted octanol–water partition coefficient (Wildman–Crippen LogP) is 5.12. The Balaban J connectivity index is 1.57. The Kier molecular flexibility index (Phi) is 6.45. The van der Waals surface area contributed by atoms with Crippen LogP contribution in [0.4, 0.5) is 0 Å². The number of amides is 1. The van der Waals surface area contributed by atoms with Crippen LogP contribution < -0.4 is 5.32 Å². The third-order valence-corrected chi connectivity index (χ3v) is 6.43. The minimum atomic E-state index is -1.14. The molecule has 1 saturated heterocycles. The van der Waals surface area contributed by atoms with Crippen LogP contribution in [0.1, 0.15) is 11.3 Å². The van der Waals surface area contributed by atoms with Gasteiger partial charge in [0.25, 0.3) is 5.91 Å². The Hall–Kier alpha value is -2.94. The standard InChI is InChI=1S/C23H16BrClN2O4S/c24-16-8-6-14(11-17(16)25)20-9-7-15(31-20)12-18-21(28)27(23(32)26-18)19(22(29)30)10-13-4-2-1-3-5-13/h1-9,11-12,19H,10H2,(H,26,32)(H,29,30)/b18-12-. The first-order valence-electron chi connectivity index (χ1n) is 9.51. The molecule has 0 bridgehead atoms. The largest absolute Gasteiger partial charge is 0.480 e. The summed E-state index contributed by atoms with van der Waals surface area (Å²) in [7, 11) is 0. The molecule has 32 heavy (non-hydrogen) atoms. The van der Waals surface area contributed by atoms with Crippen molar-refractivity contribution in [2.75, 3.05) is 0 Å². The fraction of sp³-hybridized carbons (Fsp3) is 0.0870. The number of carboxylic acids is 1. The molecule has 1 aromatic heterocycles. The fourth-order valence-corrected chi connectivity index (χ4v) is 4.08. The smallest absolute Gasteiger partial charge is 0.327 e. The van der Waals surface area contributed by atoms with Crippen LogP contribution >= 0.6 is 39.7 Å². The van der Waals surface area contributed by atoms with Crippen molar-refractivity contribution >= 4 is 62.8 Å². The number of benzene rings is 2. The van der Waals surface area contributed by atoms with E-state index in [1.807, 2.05) is 42.5 Å². The predicted molar refractivity (Wildman–Crippen MR) is 129 cm³/mol. The molecular weight excluding hydrogens is 516 g/mol. The third kappa shape index (κ3) is 4.62. The number of rotatable bonds is 6. The zero-order chi connectivity index (χ0) is 22.8. The molecule has 162 valence electrons. The van der Waals surface area contributed by atoms with E-state index in [9.17, 15) is 14.7 Å². The highest BCUT2D eigenvalue weighted by molar-refractivity contribution is 9.10. The highest BCUT2D eigenvalue weighted by atomic mass is 79.9. The number of aliphatic carboxylic acids is 1. The topological polar surface area (TPSA) is 82.8 Å². The van der Waals surface area contributed by atoms with Gasteiger partial charge in [-0.25, -0.2) is 4.79 Å². The first-order valence-corrected chi connectivity index (χ1v) is 11.1. The van der Waals surface area contributed by atoms with E-state index in [1.54, 1.807) is 18.2 Å². The second-order valence-electron chi connectivity index (χ2n) is 7.04. The lowest BCUT2D eigenvalue weighted by Gasteiger charge is -2.22. The summed E-state index contributed by atoms with van der Waals surface area (Å²) in [6.07, 6.45) is 1.63. The van der Waals surface area contributed by atoms with Crippen molar-refractivity contribution in [2.24, 2.45) is 0 Å². The van der Waals surface area contributed by atoms with E-state index in [2.05, 4.69) is 21.2 Å². The lowest BCUT2D eigenvalue weighted by molar-refractivity contribution is -0.145. The van der Waals surface area contributed by atoms with Crippen LogP contribution in [0.5, 0.6) is 0 Å². The SMILES string of the molecule is O=C(O)C(Cc1ccccc1)N1C(=O)/C(=C/c2ccc(-c3ccc(Br)c(Cl)c3)o2)NC1=S. The van der Waals surface area contributed by atoms with E-state index in [0.29, 0.717) is 16.5 Å². The summed E-state index contributed by atoms with van der Waals surface area (Å²) < 4.78 is 6.60. The van der Waals surface area contributed by atoms with E-state index in [-0.39, 0.29) is 17.2 Å². The summed E-state index contributed by atoms with van der Waals surface area (Å²) in [5.41, 5.74) is 1.71. The Bertz CT molecular complexity index is 1240. The number of nitrogens with one attached hydrogen (secondary N) is 1. The van der Waals surface area contributed by atoms with Crippen molar-refractivity contribution in [3.63, 3.8) is 0 Å². The van der Waals surface area contributed by atoms with Crippen LogP contribution in [0.3, 0.4) is 0 Å². The summed E-state index contributed by atoms with van der Waals surface area (Å²) in [5.74, 6) is -0.680. The molecular formula is C23H16BrClN2O4S. The van der Waals surface area contributed by atoms with Crippen LogP contribution in [0.25, 0.3) is 17.4 Å². The first-order chi connectivity index (χ1) is 15.3. The molecule has 1 fully saturated rings. The molecule has 2 aromatic carbocycles. The minimum absolute atomic E-state index is 0.0380. The number of nitrogens with zero attached hydrogens (tertiary/aromatic N) is 1. The first kappa shape index (κ1) is 22.3. The lowest BCUT2D eigenvalue weighted by Crippen LogP contribution is -2.46. The number of furan rings is 1. The molecule has 1 aliphatic heterocycles. The molecule has 1 amide bonds. The Labute approximate surface area is 202 Å².